The van der Waals surface area contributed by atoms with Gasteiger partial charge >= 0.3 is 0 Å². The number of likely N-dealkylation sites (tertiary alicyclic amines) is 1. The Labute approximate surface area is 257 Å². The number of rotatable bonds is 7. The van der Waals surface area contributed by atoms with Gasteiger partial charge in [0.05, 0.1) is 24.4 Å². The molecule has 1 atom stereocenters. The van der Waals surface area contributed by atoms with Crippen LogP contribution in [-0.4, -0.2) is 96.0 Å². The Morgan fingerprint density at radius 3 is 2.16 bits per heavy atom. The van der Waals surface area contributed by atoms with Gasteiger partial charge in [-0.15, -0.1) is 0 Å². The highest BCUT2D eigenvalue weighted by atomic mass is 16.5. The normalized spacial score (nSPS) is 14.1. The number of aromatic nitrogens is 2. The minimum atomic E-state index is -0.469. The average molecular weight is 604 g/mol. The van der Waals surface area contributed by atoms with E-state index >= 15 is 0 Å². The van der Waals surface area contributed by atoms with Gasteiger partial charge in [0.15, 0.2) is 0 Å². The largest absolute Gasteiger partial charge is 0.493 e. The Bertz CT molecular complexity index is 1060. The Kier molecular flexibility index (Phi) is 19.9. The van der Waals surface area contributed by atoms with Crippen molar-refractivity contribution in [2.45, 2.75) is 71.4 Å². The second-order valence-electron chi connectivity index (χ2n) is 10.8. The molecule has 0 spiro atoms. The number of nitrogens with one attached hydrogen (secondary N) is 1. The van der Waals surface area contributed by atoms with Crippen LogP contribution >= 0.6 is 0 Å². The number of hydrogen-bond acceptors (Lipinski definition) is 8. The second-order valence-corrected chi connectivity index (χ2v) is 10.8. The summed E-state index contributed by atoms with van der Waals surface area (Å²) in [6, 6.07) is 8.04. The molecule has 1 fully saturated rings. The lowest BCUT2D eigenvalue weighted by atomic mass is 9.98. The Balaban J connectivity index is 0.000000574. The molecule has 12 nitrogen and oxygen atoms in total. The fourth-order valence-corrected chi connectivity index (χ4v) is 4.16. The van der Waals surface area contributed by atoms with Crippen molar-refractivity contribution in [1.82, 2.24) is 24.9 Å². The molecule has 1 saturated heterocycles. The van der Waals surface area contributed by atoms with Crippen LogP contribution < -0.4 is 21.5 Å². The highest BCUT2D eigenvalue weighted by Crippen LogP contribution is 2.23. The van der Waals surface area contributed by atoms with Gasteiger partial charge in [-0.05, 0) is 92.2 Å². The predicted octanol–water partition coefficient (Wildman–Crippen LogP) is 2.15. The molecule has 43 heavy (non-hydrogen) atoms. The molecular weight excluding hydrogens is 550 g/mol. The third-order valence-electron chi connectivity index (χ3n) is 6.84. The summed E-state index contributed by atoms with van der Waals surface area (Å²) in [7, 11) is 5.63. The van der Waals surface area contributed by atoms with E-state index in [2.05, 4.69) is 40.2 Å². The maximum Gasteiger partial charge on any atom is 0.257 e. The van der Waals surface area contributed by atoms with Crippen molar-refractivity contribution in [1.29, 1.82) is 0 Å². The second kappa shape index (κ2) is 21.9. The third kappa shape index (κ3) is 15.9. The summed E-state index contributed by atoms with van der Waals surface area (Å²) in [5, 5.41) is 6.67. The number of carbonyl (C=O) groups excluding carboxylic acids is 4. The first-order valence-electron chi connectivity index (χ1n) is 14.6. The number of carbonyl (C=O) groups is 4. The first-order valence-corrected chi connectivity index (χ1v) is 14.6. The van der Waals surface area contributed by atoms with Gasteiger partial charge in [0, 0.05) is 31.7 Å². The molecule has 3 amide bonds. The van der Waals surface area contributed by atoms with Gasteiger partial charge in [-0.25, -0.2) is 0 Å². The lowest BCUT2D eigenvalue weighted by molar-refractivity contribution is -0.119. The van der Waals surface area contributed by atoms with Gasteiger partial charge in [-0.2, -0.15) is 5.10 Å². The van der Waals surface area contributed by atoms with Crippen LogP contribution in [0.15, 0.2) is 36.7 Å². The Morgan fingerprint density at radius 1 is 1.16 bits per heavy atom. The monoisotopic (exact) mass is 603 g/mol. The maximum absolute atomic E-state index is 12.3. The number of para-hydroxylation sites is 1. The van der Waals surface area contributed by atoms with Gasteiger partial charge < -0.3 is 36.1 Å². The van der Waals surface area contributed by atoms with Gasteiger partial charge in [-0.1, -0.05) is 18.2 Å². The van der Waals surface area contributed by atoms with E-state index in [0.29, 0.717) is 18.5 Å². The molecule has 1 aromatic carbocycles. The highest BCUT2D eigenvalue weighted by molar-refractivity contribution is 5.94. The molecular formula is C31H53N7O5. The van der Waals surface area contributed by atoms with Gasteiger partial charge in [0.25, 0.3) is 5.91 Å². The van der Waals surface area contributed by atoms with E-state index in [1.165, 1.54) is 37.9 Å². The Morgan fingerprint density at radius 2 is 1.77 bits per heavy atom. The number of amides is 3. The SMILES string of the molecule is CCN(C(=O)c1cnn(C)c1)C(C)(C)CC=O.CN1CCCC1.CNC(C)C(N)=O.NC=O.c1ccc2c(c1)CCCO2. The predicted molar refractivity (Wildman–Crippen MR) is 170 cm³/mol. The van der Waals surface area contributed by atoms with Crippen molar-refractivity contribution in [2.75, 3.05) is 40.3 Å². The van der Waals surface area contributed by atoms with Crippen LogP contribution in [0.1, 0.15) is 69.3 Å². The molecule has 1 unspecified atom stereocenters. The number of ether oxygens (including phenoxy) is 1. The van der Waals surface area contributed by atoms with E-state index in [-0.39, 0.29) is 24.3 Å². The molecule has 0 aliphatic carbocycles. The summed E-state index contributed by atoms with van der Waals surface area (Å²) < 4.78 is 7.01. The number of aryl methyl sites for hydroxylation is 2. The molecule has 242 valence electrons. The highest BCUT2D eigenvalue weighted by Gasteiger charge is 2.30. The fourth-order valence-electron chi connectivity index (χ4n) is 4.16. The zero-order chi connectivity index (χ0) is 32.8. The molecule has 0 saturated carbocycles. The van der Waals surface area contributed by atoms with Crippen molar-refractivity contribution in [3.05, 3.63) is 47.8 Å². The summed E-state index contributed by atoms with van der Waals surface area (Å²) in [5.41, 5.74) is 10.4. The van der Waals surface area contributed by atoms with Crippen LogP contribution in [0, 0.1) is 0 Å². The van der Waals surface area contributed by atoms with Crippen LogP contribution in [0.2, 0.25) is 0 Å². The van der Waals surface area contributed by atoms with E-state index in [9.17, 15) is 14.4 Å². The summed E-state index contributed by atoms with van der Waals surface area (Å²) in [4.78, 5) is 45.6. The topological polar surface area (TPSA) is 166 Å². The molecule has 2 aromatic rings. The molecule has 2 aliphatic heterocycles. The lowest BCUT2D eigenvalue weighted by Crippen LogP contribution is -2.47. The molecule has 4 rings (SSSR count). The van der Waals surface area contributed by atoms with Crippen molar-refractivity contribution in [2.24, 2.45) is 18.5 Å². The quantitative estimate of drug-likeness (QED) is 0.405. The number of nitrogens with two attached hydrogens (primary N) is 2. The molecule has 0 radical (unpaired) electrons. The van der Waals surface area contributed by atoms with Crippen LogP contribution in [0.3, 0.4) is 0 Å². The van der Waals surface area contributed by atoms with Crippen molar-refractivity contribution < 1.29 is 23.9 Å². The number of primary amides is 2. The average Bonchev–Trinajstić information content (AvgIpc) is 3.65. The number of aldehydes is 1. The third-order valence-corrected chi connectivity index (χ3v) is 6.84. The van der Waals surface area contributed by atoms with E-state index < -0.39 is 5.54 Å². The number of fused-ring (bicyclic) bond motifs is 1. The molecule has 3 heterocycles. The molecule has 12 heteroatoms. The van der Waals surface area contributed by atoms with E-state index in [4.69, 9.17) is 15.3 Å². The standard InChI is InChI=1S/C12H19N3O2.C9H10O.C5H11N.C4H10N2O.CH3NO/c1-5-15(12(2,3)6-7-16)11(17)10-8-13-14(4)9-10;1-2-6-9-8(4-1)5-3-7-10-9;1-6-4-2-3-5-6;1-3(6-2)4(5)7;2-1-3/h7-9H,5-6H2,1-4H3;1-2,4,6H,3,5,7H2;2-5H2,1H3;3,6H,1-2H3,(H2,5,7);1H,(H2,2,3). The minimum Gasteiger partial charge on any atom is -0.493 e. The fraction of sp³-hybridized carbons (Fsp3) is 0.581. The zero-order valence-corrected chi connectivity index (χ0v) is 27.0. The first-order chi connectivity index (χ1) is 20.4. The van der Waals surface area contributed by atoms with Crippen LogP contribution in [0.5, 0.6) is 5.75 Å². The number of likely N-dealkylation sites (N-methyl/N-ethyl adjacent to an activating group) is 1. The van der Waals surface area contributed by atoms with Crippen LogP contribution in [0.4, 0.5) is 0 Å². The smallest absolute Gasteiger partial charge is 0.257 e. The van der Waals surface area contributed by atoms with E-state index in [1.807, 2.05) is 32.9 Å². The van der Waals surface area contributed by atoms with E-state index in [0.717, 1.165) is 25.1 Å². The van der Waals surface area contributed by atoms with Crippen LogP contribution in [-0.2, 0) is 27.9 Å². The Hall–Kier alpha value is -3.77. The summed E-state index contributed by atoms with van der Waals surface area (Å²) in [5.74, 6) is 0.670. The molecule has 5 N–H and O–H groups in total. The number of benzene rings is 1. The molecule has 0 bridgehead atoms. The lowest BCUT2D eigenvalue weighted by Gasteiger charge is -2.36. The van der Waals surface area contributed by atoms with Gasteiger partial charge in [-0.3, -0.25) is 19.1 Å². The molecule has 2 aliphatic rings. The van der Waals surface area contributed by atoms with Crippen molar-refractivity contribution in [3.63, 3.8) is 0 Å². The minimum absolute atomic E-state index is 0.0903. The summed E-state index contributed by atoms with van der Waals surface area (Å²) >= 11 is 0. The summed E-state index contributed by atoms with van der Waals surface area (Å²) in [6.45, 7) is 11.5. The number of nitrogens with zero attached hydrogens (tertiary/aromatic N) is 4. The van der Waals surface area contributed by atoms with Gasteiger partial charge in [0.2, 0.25) is 12.3 Å². The molecule has 1 aromatic heterocycles. The maximum atomic E-state index is 12.3. The van der Waals surface area contributed by atoms with Crippen LogP contribution in [0.25, 0.3) is 0 Å². The van der Waals surface area contributed by atoms with E-state index in [1.54, 1.807) is 43.0 Å². The summed E-state index contributed by atoms with van der Waals surface area (Å²) in [6.07, 6.45) is 9.82. The van der Waals surface area contributed by atoms with Crippen molar-refractivity contribution >= 4 is 24.5 Å². The number of hydrogen-bond donors (Lipinski definition) is 3. The van der Waals surface area contributed by atoms with Crippen molar-refractivity contribution in [3.8, 4) is 5.75 Å². The van der Waals surface area contributed by atoms with Gasteiger partial charge in [0.1, 0.15) is 12.0 Å². The first kappa shape index (κ1) is 39.2. The zero-order valence-electron chi connectivity index (χ0n) is 27.0.